The van der Waals surface area contributed by atoms with Crippen molar-refractivity contribution in [1.82, 2.24) is 0 Å². The smallest absolute Gasteiger partial charge is 0.338 e. The summed E-state index contributed by atoms with van der Waals surface area (Å²) >= 11 is 0. The first kappa shape index (κ1) is 13.3. The van der Waals surface area contributed by atoms with Gasteiger partial charge in [-0.15, -0.1) is 0 Å². The first-order valence-corrected chi connectivity index (χ1v) is 5.80. The lowest BCUT2D eigenvalue weighted by Crippen LogP contribution is -2.09. The average molecular weight is 260 g/mol. The molecule has 0 saturated carbocycles. The molecule has 0 saturated heterocycles. The molecule has 0 spiro atoms. The zero-order valence-corrected chi connectivity index (χ0v) is 9.62. The van der Waals surface area contributed by atoms with Crippen LogP contribution in [0.15, 0.2) is 35.2 Å². The van der Waals surface area contributed by atoms with E-state index in [0.29, 0.717) is 6.07 Å². The number of carbonyl (C=O) groups excluding carboxylic acids is 1. The molecule has 0 aliphatic heterocycles. The molecule has 1 aromatic carbocycles. The lowest BCUT2D eigenvalue weighted by molar-refractivity contribution is -0.130. The lowest BCUT2D eigenvalue weighted by atomic mass is 10.3. The second-order valence-electron chi connectivity index (χ2n) is 3.24. The number of halogens is 1. The summed E-state index contributed by atoms with van der Waals surface area (Å²) in [5, 5.41) is 0. The molecule has 1 N–H and O–H groups in total. The Hall–Kier alpha value is -1.73. The van der Waals surface area contributed by atoms with Gasteiger partial charge in [0.05, 0.1) is 4.90 Å². The van der Waals surface area contributed by atoms with Crippen molar-refractivity contribution in [3.8, 4) is 5.75 Å². The first-order valence-electron chi connectivity index (χ1n) is 4.36. The Kier molecular flexibility index (Phi) is 3.64. The van der Waals surface area contributed by atoms with Crippen LogP contribution in [0.2, 0.25) is 0 Å². The van der Waals surface area contributed by atoms with Gasteiger partial charge in [-0.25, -0.2) is 9.18 Å². The van der Waals surface area contributed by atoms with Crippen molar-refractivity contribution in [3.05, 3.63) is 36.2 Å². The van der Waals surface area contributed by atoms with E-state index in [1.807, 2.05) is 0 Å². The number of hydrogen-bond acceptors (Lipinski definition) is 4. The molecule has 0 bridgehead atoms. The van der Waals surface area contributed by atoms with Gasteiger partial charge in [0.25, 0.3) is 10.1 Å². The summed E-state index contributed by atoms with van der Waals surface area (Å²) in [5.74, 6) is -2.34. The first-order chi connectivity index (χ1) is 7.71. The SMILES string of the molecule is C=C(C)C(=O)Oc1ccc(S(=O)(=O)O)cc1F. The van der Waals surface area contributed by atoms with Gasteiger partial charge in [-0.05, 0) is 25.1 Å². The minimum Gasteiger partial charge on any atom is -0.420 e. The fraction of sp³-hybridized carbons (Fsp3) is 0.100. The molecule has 17 heavy (non-hydrogen) atoms. The van der Waals surface area contributed by atoms with Crippen LogP contribution in [-0.2, 0) is 14.9 Å². The second kappa shape index (κ2) is 4.64. The summed E-state index contributed by atoms with van der Waals surface area (Å²) in [7, 11) is -4.48. The lowest BCUT2D eigenvalue weighted by Gasteiger charge is -2.05. The van der Waals surface area contributed by atoms with Gasteiger partial charge in [0.1, 0.15) is 0 Å². The highest BCUT2D eigenvalue weighted by atomic mass is 32.2. The molecule has 0 heterocycles. The van der Waals surface area contributed by atoms with Crippen molar-refractivity contribution in [2.24, 2.45) is 0 Å². The number of esters is 1. The molecule has 1 rings (SSSR count). The Bertz CT molecular complexity index is 576. The topological polar surface area (TPSA) is 80.7 Å². The normalized spacial score (nSPS) is 11.0. The van der Waals surface area contributed by atoms with E-state index in [0.717, 1.165) is 12.1 Å². The maximum absolute atomic E-state index is 13.3. The highest BCUT2D eigenvalue weighted by molar-refractivity contribution is 7.85. The Labute approximate surface area is 97.3 Å². The molecule has 0 aromatic heterocycles. The molecular weight excluding hydrogens is 251 g/mol. The summed E-state index contributed by atoms with van der Waals surface area (Å²) in [6, 6.07) is 2.40. The number of rotatable bonds is 3. The van der Waals surface area contributed by atoms with Gasteiger partial charge in [-0.1, -0.05) is 6.58 Å². The third kappa shape index (κ3) is 3.36. The molecule has 0 fully saturated rings. The minimum atomic E-state index is -4.48. The summed E-state index contributed by atoms with van der Waals surface area (Å²) in [5.41, 5.74) is 0.0725. The fourth-order valence-corrected chi connectivity index (χ4v) is 1.40. The third-order valence-corrected chi connectivity index (χ3v) is 2.60. The zero-order valence-electron chi connectivity index (χ0n) is 8.81. The predicted molar refractivity (Wildman–Crippen MR) is 56.7 cm³/mol. The van der Waals surface area contributed by atoms with Crippen LogP contribution in [0.3, 0.4) is 0 Å². The number of carbonyl (C=O) groups is 1. The van der Waals surface area contributed by atoms with E-state index in [1.165, 1.54) is 6.92 Å². The van der Waals surface area contributed by atoms with E-state index < -0.39 is 32.5 Å². The van der Waals surface area contributed by atoms with Crippen LogP contribution < -0.4 is 4.74 Å². The van der Waals surface area contributed by atoms with Gasteiger partial charge in [0.15, 0.2) is 11.6 Å². The standard InChI is InChI=1S/C10H9FO5S/c1-6(2)10(12)16-9-4-3-7(5-8(9)11)17(13,14)15/h3-5H,1H2,2H3,(H,13,14,15). The highest BCUT2D eigenvalue weighted by Crippen LogP contribution is 2.21. The van der Waals surface area contributed by atoms with E-state index in [-0.39, 0.29) is 5.57 Å². The summed E-state index contributed by atoms with van der Waals surface area (Å²) in [6.45, 7) is 4.69. The van der Waals surface area contributed by atoms with E-state index in [9.17, 15) is 17.6 Å². The van der Waals surface area contributed by atoms with Crippen molar-refractivity contribution in [2.45, 2.75) is 11.8 Å². The minimum absolute atomic E-state index is 0.0725. The van der Waals surface area contributed by atoms with Gasteiger partial charge in [-0.3, -0.25) is 4.55 Å². The fourth-order valence-electron chi connectivity index (χ4n) is 0.912. The molecule has 0 atom stereocenters. The maximum Gasteiger partial charge on any atom is 0.338 e. The van der Waals surface area contributed by atoms with Crippen LogP contribution in [0, 0.1) is 5.82 Å². The van der Waals surface area contributed by atoms with Crippen molar-refractivity contribution < 1.29 is 26.9 Å². The third-order valence-electron chi connectivity index (χ3n) is 1.75. The molecule has 0 radical (unpaired) electrons. The molecule has 5 nitrogen and oxygen atoms in total. The molecule has 0 aliphatic rings. The molecule has 0 amide bonds. The van der Waals surface area contributed by atoms with Crippen LogP contribution in [0.1, 0.15) is 6.92 Å². The Morgan fingerprint density at radius 2 is 2.06 bits per heavy atom. The van der Waals surface area contributed by atoms with E-state index in [2.05, 4.69) is 11.3 Å². The quantitative estimate of drug-likeness (QED) is 0.386. The van der Waals surface area contributed by atoms with Crippen molar-refractivity contribution in [3.63, 3.8) is 0 Å². The van der Waals surface area contributed by atoms with Crippen molar-refractivity contribution >= 4 is 16.1 Å². The number of ether oxygens (including phenoxy) is 1. The van der Waals surface area contributed by atoms with Gasteiger partial charge >= 0.3 is 5.97 Å². The van der Waals surface area contributed by atoms with Gasteiger partial charge in [0, 0.05) is 5.57 Å². The van der Waals surface area contributed by atoms with E-state index in [1.54, 1.807) is 0 Å². The molecule has 0 unspecified atom stereocenters. The largest absolute Gasteiger partial charge is 0.420 e. The molecule has 92 valence electrons. The maximum atomic E-state index is 13.3. The van der Waals surface area contributed by atoms with Crippen LogP contribution in [0.4, 0.5) is 4.39 Å². The van der Waals surface area contributed by atoms with Crippen LogP contribution >= 0.6 is 0 Å². The van der Waals surface area contributed by atoms with Gasteiger partial charge in [-0.2, -0.15) is 8.42 Å². The number of hydrogen-bond donors (Lipinski definition) is 1. The van der Waals surface area contributed by atoms with Gasteiger partial charge in [0.2, 0.25) is 0 Å². The average Bonchev–Trinajstić information content (AvgIpc) is 2.19. The predicted octanol–water partition coefficient (Wildman–Crippen LogP) is 1.55. The van der Waals surface area contributed by atoms with Crippen LogP contribution in [-0.4, -0.2) is 18.9 Å². The summed E-state index contributed by atoms with van der Waals surface area (Å²) < 4.78 is 48.0. The number of benzene rings is 1. The van der Waals surface area contributed by atoms with Crippen molar-refractivity contribution in [1.29, 1.82) is 0 Å². The Balaban J connectivity index is 3.07. The molecule has 0 aliphatic carbocycles. The van der Waals surface area contributed by atoms with Crippen LogP contribution in [0.25, 0.3) is 0 Å². The zero-order chi connectivity index (χ0) is 13.2. The second-order valence-corrected chi connectivity index (χ2v) is 4.66. The van der Waals surface area contributed by atoms with Gasteiger partial charge < -0.3 is 4.74 Å². The Morgan fingerprint density at radius 3 is 2.47 bits per heavy atom. The molecular formula is C10H9FO5S. The van der Waals surface area contributed by atoms with Crippen LogP contribution in [0.5, 0.6) is 5.75 Å². The molecule has 1 aromatic rings. The highest BCUT2D eigenvalue weighted by Gasteiger charge is 2.15. The monoisotopic (exact) mass is 260 g/mol. The summed E-state index contributed by atoms with van der Waals surface area (Å²) in [4.78, 5) is 10.5. The van der Waals surface area contributed by atoms with E-state index in [4.69, 9.17) is 4.55 Å². The van der Waals surface area contributed by atoms with E-state index >= 15 is 0 Å². The molecule has 7 heteroatoms. The Morgan fingerprint density at radius 1 is 1.47 bits per heavy atom. The van der Waals surface area contributed by atoms with Crippen molar-refractivity contribution in [2.75, 3.05) is 0 Å². The summed E-state index contributed by atoms with van der Waals surface area (Å²) in [6.07, 6.45) is 0.